The molecule has 7 heteroatoms. The largest absolute Gasteiger partial charge is 0.491 e. The number of hydrogen-bond donors (Lipinski definition) is 1. The summed E-state index contributed by atoms with van der Waals surface area (Å²) in [4.78, 5) is 17.9. The number of aryl methyl sites for hydroxylation is 2. The van der Waals surface area contributed by atoms with Crippen LogP contribution in [0.4, 0.5) is 0 Å². The maximum absolute atomic E-state index is 13.2. The topological polar surface area (TPSA) is 69.0 Å². The van der Waals surface area contributed by atoms with Crippen LogP contribution in [0.5, 0.6) is 5.75 Å². The number of carbonyl (C=O) groups excluding carboxylic acids is 1. The van der Waals surface area contributed by atoms with E-state index in [2.05, 4.69) is 5.32 Å². The number of ether oxygens (including phenoxy) is 1. The molecule has 2 aromatic heterocycles. The Morgan fingerprint density at radius 3 is 2.55 bits per heavy atom. The number of rotatable bonds is 6. The van der Waals surface area contributed by atoms with Crippen LogP contribution in [0.1, 0.15) is 46.7 Å². The van der Waals surface area contributed by atoms with Crippen molar-refractivity contribution in [2.45, 2.75) is 47.3 Å². The molecule has 0 saturated carbocycles. The molecule has 4 aromatic rings. The van der Waals surface area contributed by atoms with Gasteiger partial charge in [-0.2, -0.15) is 5.10 Å². The third-order valence-corrected chi connectivity index (χ3v) is 5.81. The summed E-state index contributed by atoms with van der Waals surface area (Å²) in [7, 11) is 0. The number of carbonyl (C=O) groups is 1. The van der Waals surface area contributed by atoms with Crippen molar-refractivity contribution in [1.29, 1.82) is 0 Å². The zero-order valence-electron chi connectivity index (χ0n) is 19.4. The second-order valence-corrected chi connectivity index (χ2v) is 8.79. The number of aromatic nitrogens is 3. The highest BCUT2D eigenvalue weighted by atomic mass is 35.5. The van der Waals surface area contributed by atoms with E-state index >= 15 is 0 Å². The first-order valence-electron chi connectivity index (χ1n) is 10.9. The van der Waals surface area contributed by atoms with E-state index in [0.717, 1.165) is 39.3 Å². The summed E-state index contributed by atoms with van der Waals surface area (Å²) >= 11 is 6.34. The first kappa shape index (κ1) is 22.8. The first-order chi connectivity index (χ1) is 15.7. The number of fused-ring (bicyclic) bond motifs is 1. The lowest BCUT2D eigenvalue weighted by molar-refractivity contribution is 0.0952. The van der Waals surface area contributed by atoms with Gasteiger partial charge in [0.05, 0.1) is 28.4 Å². The Morgan fingerprint density at radius 2 is 1.85 bits per heavy atom. The highest BCUT2D eigenvalue weighted by Crippen LogP contribution is 2.28. The smallest absolute Gasteiger partial charge is 0.252 e. The molecule has 2 heterocycles. The van der Waals surface area contributed by atoms with E-state index in [0.29, 0.717) is 22.8 Å². The summed E-state index contributed by atoms with van der Waals surface area (Å²) < 4.78 is 7.45. The number of benzene rings is 2. The molecular formula is C26H27ClN4O2. The van der Waals surface area contributed by atoms with Gasteiger partial charge < -0.3 is 10.1 Å². The molecule has 33 heavy (non-hydrogen) atoms. The van der Waals surface area contributed by atoms with Crippen LogP contribution >= 0.6 is 11.6 Å². The van der Waals surface area contributed by atoms with Gasteiger partial charge in [0.15, 0.2) is 5.65 Å². The van der Waals surface area contributed by atoms with Crippen LogP contribution in [0.3, 0.4) is 0 Å². The lowest BCUT2D eigenvalue weighted by Gasteiger charge is -2.11. The lowest BCUT2D eigenvalue weighted by Crippen LogP contribution is -2.23. The molecule has 0 spiro atoms. The fraction of sp³-hybridized carbons (Fsp3) is 0.269. The van der Waals surface area contributed by atoms with Crippen LogP contribution in [0, 0.1) is 20.8 Å². The third-order valence-electron chi connectivity index (χ3n) is 5.40. The van der Waals surface area contributed by atoms with Gasteiger partial charge in [0.25, 0.3) is 5.91 Å². The van der Waals surface area contributed by atoms with Crippen LogP contribution in [-0.4, -0.2) is 26.8 Å². The summed E-state index contributed by atoms with van der Waals surface area (Å²) in [6, 6.07) is 15.2. The van der Waals surface area contributed by atoms with E-state index in [9.17, 15) is 4.79 Å². The van der Waals surface area contributed by atoms with E-state index in [4.69, 9.17) is 26.4 Å². The monoisotopic (exact) mass is 462 g/mol. The fourth-order valence-electron chi connectivity index (χ4n) is 3.82. The van der Waals surface area contributed by atoms with E-state index in [1.165, 1.54) is 0 Å². The minimum Gasteiger partial charge on any atom is -0.491 e. The van der Waals surface area contributed by atoms with Crippen molar-refractivity contribution < 1.29 is 9.53 Å². The van der Waals surface area contributed by atoms with Crippen LogP contribution in [0.25, 0.3) is 16.7 Å². The minimum absolute atomic E-state index is 0.118. The summed E-state index contributed by atoms with van der Waals surface area (Å²) in [5.74, 6) is 0.643. The number of hydrogen-bond acceptors (Lipinski definition) is 4. The Hall–Kier alpha value is -3.38. The van der Waals surface area contributed by atoms with Gasteiger partial charge in [-0.25, -0.2) is 9.67 Å². The van der Waals surface area contributed by atoms with E-state index in [1.54, 1.807) is 10.7 Å². The number of amides is 1. The second kappa shape index (κ2) is 9.24. The zero-order chi connectivity index (χ0) is 23.7. The number of pyridine rings is 1. The van der Waals surface area contributed by atoms with Gasteiger partial charge in [-0.3, -0.25) is 4.79 Å². The Labute approximate surface area is 198 Å². The molecule has 0 radical (unpaired) electrons. The zero-order valence-corrected chi connectivity index (χ0v) is 20.2. The van der Waals surface area contributed by atoms with Gasteiger partial charge in [-0.1, -0.05) is 29.8 Å². The van der Waals surface area contributed by atoms with E-state index in [1.807, 2.05) is 77.1 Å². The molecule has 4 rings (SSSR count). The second-order valence-electron chi connectivity index (χ2n) is 8.38. The van der Waals surface area contributed by atoms with Gasteiger partial charge in [-0.15, -0.1) is 0 Å². The average Bonchev–Trinajstić information content (AvgIpc) is 3.10. The SMILES string of the molecule is Cc1cc(C(=O)NCc2ccc(OC(C)C)cc2)c2c(C)nn(-c3cccc(Cl)c3C)c2n1. The van der Waals surface area contributed by atoms with Crippen LogP contribution in [0.15, 0.2) is 48.5 Å². The molecule has 2 aromatic carbocycles. The number of halogens is 1. The maximum atomic E-state index is 13.2. The van der Waals surface area contributed by atoms with Crippen molar-refractivity contribution in [3.8, 4) is 11.4 Å². The highest BCUT2D eigenvalue weighted by molar-refractivity contribution is 6.31. The molecular weight excluding hydrogens is 436 g/mol. The molecule has 0 saturated heterocycles. The van der Waals surface area contributed by atoms with Crippen molar-refractivity contribution in [3.63, 3.8) is 0 Å². The van der Waals surface area contributed by atoms with Gasteiger partial charge in [0.2, 0.25) is 0 Å². The average molecular weight is 463 g/mol. The van der Waals surface area contributed by atoms with Crippen molar-refractivity contribution >= 4 is 28.5 Å². The first-order valence-corrected chi connectivity index (χ1v) is 11.3. The van der Waals surface area contributed by atoms with Crippen molar-refractivity contribution in [1.82, 2.24) is 20.1 Å². The van der Waals surface area contributed by atoms with Crippen molar-refractivity contribution in [2.24, 2.45) is 0 Å². The fourth-order valence-corrected chi connectivity index (χ4v) is 3.99. The standard InChI is InChI=1S/C26H27ClN4O2/c1-15(2)33-20-11-9-19(10-12-20)14-28-26(32)21-13-16(3)29-25-24(21)18(5)30-31(25)23-8-6-7-22(27)17(23)4/h6-13,15H,14H2,1-5H3,(H,28,32). The Balaban J connectivity index is 1.65. The molecule has 0 fully saturated rings. The lowest BCUT2D eigenvalue weighted by atomic mass is 10.1. The Kier molecular flexibility index (Phi) is 6.38. The van der Waals surface area contributed by atoms with Crippen LogP contribution in [-0.2, 0) is 6.54 Å². The number of nitrogens with zero attached hydrogens (tertiary/aromatic N) is 3. The summed E-state index contributed by atoms with van der Waals surface area (Å²) in [5, 5.41) is 9.12. The summed E-state index contributed by atoms with van der Waals surface area (Å²) in [6.45, 7) is 10.1. The van der Waals surface area contributed by atoms with Gasteiger partial charge in [-0.05, 0) is 76.1 Å². The summed E-state index contributed by atoms with van der Waals surface area (Å²) in [5.41, 5.74) is 5.40. The van der Waals surface area contributed by atoms with Gasteiger partial charge >= 0.3 is 0 Å². The predicted molar refractivity (Wildman–Crippen MR) is 131 cm³/mol. The quantitative estimate of drug-likeness (QED) is 0.398. The Bertz CT molecular complexity index is 1330. The maximum Gasteiger partial charge on any atom is 0.252 e. The highest BCUT2D eigenvalue weighted by Gasteiger charge is 2.20. The molecule has 170 valence electrons. The van der Waals surface area contributed by atoms with Crippen molar-refractivity contribution in [3.05, 3.63) is 81.6 Å². The molecule has 0 unspecified atom stereocenters. The normalized spacial score (nSPS) is 11.2. The van der Waals surface area contributed by atoms with Crippen molar-refractivity contribution in [2.75, 3.05) is 0 Å². The molecule has 0 bridgehead atoms. The van der Waals surface area contributed by atoms with Gasteiger partial charge in [0.1, 0.15) is 5.75 Å². The Morgan fingerprint density at radius 1 is 1.12 bits per heavy atom. The molecule has 0 aliphatic rings. The predicted octanol–water partition coefficient (Wildman–Crippen LogP) is 5.72. The van der Waals surface area contributed by atoms with Gasteiger partial charge in [0, 0.05) is 17.3 Å². The molecule has 0 aliphatic heterocycles. The van der Waals surface area contributed by atoms with E-state index in [-0.39, 0.29) is 12.0 Å². The summed E-state index contributed by atoms with van der Waals surface area (Å²) in [6.07, 6.45) is 0.118. The molecule has 0 atom stereocenters. The number of nitrogens with one attached hydrogen (secondary N) is 1. The molecule has 0 aliphatic carbocycles. The molecule has 1 N–H and O–H groups in total. The van der Waals surface area contributed by atoms with E-state index < -0.39 is 0 Å². The van der Waals surface area contributed by atoms with Crippen LogP contribution in [0.2, 0.25) is 5.02 Å². The third kappa shape index (κ3) is 4.71. The minimum atomic E-state index is -0.168. The molecule has 6 nitrogen and oxygen atoms in total. The molecule has 1 amide bonds. The van der Waals surface area contributed by atoms with Crippen LogP contribution < -0.4 is 10.1 Å².